The van der Waals surface area contributed by atoms with Gasteiger partial charge in [-0.15, -0.1) is 0 Å². The third-order valence-corrected chi connectivity index (χ3v) is 4.92. The molecule has 2 amide bonds. The van der Waals surface area contributed by atoms with Crippen LogP contribution in [0.1, 0.15) is 39.5 Å². The number of benzene rings is 1. The third-order valence-electron chi connectivity index (χ3n) is 4.92. The normalized spacial score (nSPS) is 19.8. The average Bonchev–Trinajstić information content (AvgIpc) is 3.26. The topological polar surface area (TPSA) is 54.3 Å². The zero-order chi connectivity index (χ0) is 17.9. The van der Waals surface area contributed by atoms with Gasteiger partial charge in [-0.3, -0.25) is 9.59 Å². The Morgan fingerprint density at radius 1 is 1.16 bits per heavy atom. The summed E-state index contributed by atoms with van der Waals surface area (Å²) >= 11 is 0. The second-order valence-electron chi connectivity index (χ2n) is 6.76. The van der Waals surface area contributed by atoms with Crippen LogP contribution in [0.15, 0.2) is 48.8 Å². The predicted molar refractivity (Wildman–Crippen MR) is 98.7 cm³/mol. The van der Waals surface area contributed by atoms with E-state index in [0.29, 0.717) is 19.4 Å². The van der Waals surface area contributed by atoms with Gasteiger partial charge in [0.1, 0.15) is 5.54 Å². The molecule has 1 fully saturated rings. The van der Waals surface area contributed by atoms with E-state index in [1.54, 1.807) is 4.90 Å². The Labute approximate surface area is 148 Å². The van der Waals surface area contributed by atoms with E-state index in [1.165, 1.54) is 0 Å². The minimum absolute atomic E-state index is 0.0700. The van der Waals surface area contributed by atoms with E-state index in [2.05, 4.69) is 5.32 Å². The Morgan fingerprint density at radius 3 is 2.48 bits per heavy atom. The highest BCUT2D eigenvalue weighted by molar-refractivity contribution is 6.00. The molecule has 2 aromatic rings. The molecular formula is C20H25N3O2. The van der Waals surface area contributed by atoms with Gasteiger partial charge < -0.3 is 14.8 Å². The molecule has 2 heterocycles. The van der Waals surface area contributed by atoms with Crippen molar-refractivity contribution in [1.29, 1.82) is 0 Å². The van der Waals surface area contributed by atoms with Gasteiger partial charge in [-0.2, -0.15) is 0 Å². The van der Waals surface area contributed by atoms with Crippen molar-refractivity contribution in [3.8, 4) is 5.69 Å². The number of anilines is 1. The highest BCUT2D eigenvalue weighted by Crippen LogP contribution is 2.31. The molecule has 1 saturated heterocycles. The first-order valence-corrected chi connectivity index (χ1v) is 8.90. The van der Waals surface area contributed by atoms with E-state index in [9.17, 15) is 9.59 Å². The molecule has 0 radical (unpaired) electrons. The van der Waals surface area contributed by atoms with Crippen LogP contribution in [0.2, 0.25) is 0 Å². The molecule has 1 aliphatic rings. The summed E-state index contributed by atoms with van der Waals surface area (Å²) in [6, 6.07) is 11.7. The minimum Gasteiger partial charge on any atom is -0.328 e. The van der Waals surface area contributed by atoms with Crippen molar-refractivity contribution < 1.29 is 9.59 Å². The molecule has 0 bridgehead atoms. The molecule has 132 valence electrons. The van der Waals surface area contributed by atoms with Crippen molar-refractivity contribution in [1.82, 2.24) is 9.47 Å². The first-order valence-electron chi connectivity index (χ1n) is 8.90. The first-order chi connectivity index (χ1) is 12.0. The molecular weight excluding hydrogens is 314 g/mol. The fourth-order valence-corrected chi connectivity index (χ4v) is 3.44. The highest BCUT2D eigenvalue weighted by atomic mass is 16.2. The number of hydrogen-bond acceptors (Lipinski definition) is 2. The van der Waals surface area contributed by atoms with Crippen molar-refractivity contribution in [3.63, 3.8) is 0 Å². The number of carbonyl (C=O) groups is 2. The summed E-state index contributed by atoms with van der Waals surface area (Å²) in [5, 5.41) is 2.98. The average molecular weight is 339 g/mol. The monoisotopic (exact) mass is 339 g/mol. The highest BCUT2D eigenvalue weighted by Gasteiger charge is 2.45. The van der Waals surface area contributed by atoms with Crippen molar-refractivity contribution in [3.05, 3.63) is 48.8 Å². The largest absolute Gasteiger partial charge is 0.328 e. The standard InChI is InChI=1S/C20H25N3O2/c1-3-7-18(24)23-15-6-12-20(23,2)19(25)21-16-8-10-17(11-9-16)22-13-4-5-14-22/h4-5,8-11,13-14H,3,6-7,12,15H2,1-2H3,(H,21,25). The third kappa shape index (κ3) is 3.45. The fraction of sp³-hybridized carbons (Fsp3) is 0.400. The zero-order valence-corrected chi connectivity index (χ0v) is 14.9. The summed E-state index contributed by atoms with van der Waals surface area (Å²) in [5.41, 5.74) is 1.03. The number of aromatic nitrogens is 1. The van der Waals surface area contributed by atoms with Crippen LogP contribution in [0, 0.1) is 0 Å². The maximum atomic E-state index is 12.9. The molecule has 0 spiro atoms. The molecule has 0 aliphatic carbocycles. The van der Waals surface area contributed by atoms with Gasteiger partial charge in [-0.1, -0.05) is 6.92 Å². The Bertz CT molecular complexity index is 737. The smallest absolute Gasteiger partial charge is 0.250 e. The molecule has 25 heavy (non-hydrogen) atoms. The second kappa shape index (κ2) is 7.13. The van der Waals surface area contributed by atoms with Crippen molar-refractivity contribution in [2.45, 2.75) is 45.1 Å². The number of amides is 2. The lowest BCUT2D eigenvalue weighted by Gasteiger charge is -2.34. The lowest BCUT2D eigenvalue weighted by atomic mass is 9.97. The molecule has 5 nitrogen and oxygen atoms in total. The fourth-order valence-electron chi connectivity index (χ4n) is 3.44. The van der Waals surface area contributed by atoms with Gasteiger partial charge in [0.15, 0.2) is 0 Å². The number of carbonyl (C=O) groups excluding carboxylic acids is 2. The van der Waals surface area contributed by atoms with E-state index in [-0.39, 0.29) is 11.8 Å². The Morgan fingerprint density at radius 2 is 1.84 bits per heavy atom. The summed E-state index contributed by atoms with van der Waals surface area (Å²) < 4.78 is 2.01. The molecule has 1 aliphatic heterocycles. The molecule has 1 unspecified atom stereocenters. The number of hydrogen-bond donors (Lipinski definition) is 1. The minimum atomic E-state index is -0.759. The van der Waals surface area contributed by atoms with Gasteiger partial charge in [0, 0.05) is 36.7 Å². The number of likely N-dealkylation sites (tertiary alicyclic amines) is 1. The van der Waals surface area contributed by atoms with Crippen molar-refractivity contribution in [2.24, 2.45) is 0 Å². The molecule has 1 N–H and O–H groups in total. The van der Waals surface area contributed by atoms with E-state index in [0.717, 1.165) is 24.2 Å². The van der Waals surface area contributed by atoms with Gasteiger partial charge in [-0.05, 0) is 62.6 Å². The Balaban J connectivity index is 1.71. The molecule has 3 rings (SSSR count). The van der Waals surface area contributed by atoms with E-state index in [1.807, 2.05) is 67.2 Å². The predicted octanol–water partition coefficient (Wildman–Crippen LogP) is 3.60. The number of nitrogens with one attached hydrogen (secondary N) is 1. The number of rotatable bonds is 5. The molecule has 1 atom stereocenters. The van der Waals surface area contributed by atoms with Crippen LogP contribution in [0.3, 0.4) is 0 Å². The molecule has 0 saturated carbocycles. The summed E-state index contributed by atoms with van der Waals surface area (Å²) in [4.78, 5) is 26.9. The summed E-state index contributed by atoms with van der Waals surface area (Å²) in [6.45, 7) is 4.52. The molecule has 1 aromatic heterocycles. The molecule has 1 aromatic carbocycles. The van der Waals surface area contributed by atoms with Crippen LogP contribution in [-0.2, 0) is 9.59 Å². The van der Waals surface area contributed by atoms with Crippen LogP contribution < -0.4 is 5.32 Å². The van der Waals surface area contributed by atoms with Gasteiger partial charge in [0.25, 0.3) is 0 Å². The maximum Gasteiger partial charge on any atom is 0.250 e. The number of nitrogens with zero attached hydrogens (tertiary/aromatic N) is 2. The van der Waals surface area contributed by atoms with Crippen LogP contribution in [-0.4, -0.2) is 33.4 Å². The van der Waals surface area contributed by atoms with Crippen LogP contribution in [0.25, 0.3) is 5.69 Å². The van der Waals surface area contributed by atoms with Crippen molar-refractivity contribution >= 4 is 17.5 Å². The van der Waals surface area contributed by atoms with Gasteiger partial charge in [-0.25, -0.2) is 0 Å². The van der Waals surface area contributed by atoms with Crippen molar-refractivity contribution in [2.75, 3.05) is 11.9 Å². The zero-order valence-electron chi connectivity index (χ0n) is 14.9. The summed E-state index contributed by atoms with van der Waals surface area (Å²) in [5.74, 6) is -0.0382. The lowest BCUT2D eigenvalue weighted by molar-refractivity contribution is -0.141. The lowest BCUT2D eigenvalue weighted by Crippen LogP contribution is -2.53. The Hall–Kier alpha value is -2.56. The Kier molecular flexibility index (Phi) is 4.93. The summed E-state index contributed by atoms with van der Waals surface area (Å²) in [6.07, 6.45) is 6.82. The quantitative estimate of drug-likeness (QED) is 0.905. The SMILES string of the molecule is CCCC(=O)N1CCCC1(C)C(=O)Nc1ccc(-n2cccc2)cc1. The maximum absolute atomic E-state index is 12.9. The van der Waals surface area contributed by atoms with Crippen LogP contribution in [0.4, 0.5) is 5.69 Å². The van der Waals surface area contributed by atoms with Gasteiger partial charge in [0.2, 0.25) is 11.8 Å². The van der Waals surface area contributed by atoms with E-state index in [4.69, 9.17) is 0 Å². The summed E-state index contributed by atoms with van der Waals surface area (Å²) in [7, 11) is 0. The van der Waals surface area contributed by atoms with Crippen LogP contribution >= 0.6 is 0 Å². The van der Waals surface area contributed by atoms with Gasteiger partial charge in [0.05, 0.1) is 0 Å². The first kappa shape index (κ1) is 17.3. The van der Waals surface area contributed by atoms with E-state index >= 15 is 0 Å². The van der Waals surface area contributed by atoms with E-state index < -0.39 is 5.54 Å². The second-order valence-corrected chi connectivity index (χ2v) is 6.76. The van der Waals surface area contributed by atoms with Gasteiger partial charge >= 0.3 is 0 Å². The van der Waals surface area contributed by atoms with Crippen LogP contribution in [0.5, 0.6) is 0 Å². The molecule has 5 heteroatoms.